The molecule has 4 N–H and O–H groups in total. The summed E-state index contributed by atoms with van der Waals surface area (Å²) >= 11 is 0. The lowest BCUT2D eigenvalue weighted by atomic mass is 9.60. The average Bonchev–Trinajstić information content (AvgIpc) is 3.00. The van der Waals surface area contributed by atoms with E-state index in [9.17, 15) is 9.59 Å². The summed E-state index contributed by atoms with van der Waals surface area (Å²) in [5.41, 5.74) is 18.7. The van der Waals surface area contributed by atoms with Gasteiger partial charge in [-0.1, -0.05) is 64.5 Å². The van der Waals surface area contributed by atoms with Gasteiger partial charge in [-0.2, -0.15) is 0 Å². The summed E-state index contributed by atoms with van der Waals surface area (Å²) in [4.78, 5) is 25.5. The molecule has 4 aliphatic rings. The Bertz CT molecular complexity index is 1270. The molecule has 4 aliphatic carbocycles. The highest BCUT2D eigenvalue weighted by Crippen LogP contribution is 2.48. The molecule has 44 heavy (non-hydrogen) atoms. The van der Waals surface area contributed by atoms with Gasteiger partial charge >= 0.3 is 11.9 Å². The Hall–Kier alpha value is -2.70. The van der Waals surface area contributed by atoms with E-state index < -0.39 is 0 Å². The third-order valence-corrected chi connectivity index (χ3v) is 11.9. The van der Waals surface area contributed by atoms with Gasteiger partial charge in [0.25, 0.3) is 0 Å². The molecule has 2 aromatic rings. The third kappa shape index (κ3) is 6.22. The fourth-order valence-corrected chi connectivity index (χ4v) is 9.10. The molecule has 0 radical (unpaired) electrons. The zero-order valence-electron chi connectivity index (χ0n) is 26.9. The number of unbranched alkanes of at least 4 members (excludes halogenated alkanes) is 1. The van der Waals surface area contributed by atoms with Crippen molar-refractivity contribution in [2.75, 3.05) is 0 Å². The van der Waals surface area contributed by atoms with E-state index >= 15 is 0 Å². The van der Waals surface area contributed by atoms with E-state index in [0.29, 0.717) is 36.2 Å². The number of nitrogens with two attached hydrogens (primary N) is 2. The van der Waals surface area contributed by atoms with Crippen molar-refractivity contribution in [2.24, 2.45) is 23.3 Å². The molecule has 0 aromatic heterocycles. The molecule has 2 fully saturated rings. The molecule has 0 unspecified atom stereocenters. The van der Waals surface area contributed by atoms with Crippen molar-refractivity contribution in [3.8, 4) is 11.5 Å². The quantitative estimate of drug-likeness (QED) is 0.198. The topological polar surface area (TPSA) is 105 Å². The van der Waals surface area contributed by atoms with Crippen LogP contribution in [0.15, 0.2) is 36.4 Å². The minimum absolute atomic E-state index is 0.0826. The minimum Gasteiger partial charge on any atom is -0.427 e. The molecule has 6 heteroatoms. The second kappa shape index (κ2) is 13.0. The van der Waals surface area contributed by atoms with E-state index in [2.05, 4.69) is 38.1 Å². The fraction of sp³-hybridized carbons (Fsp3) is 0.632. The van der Waals surface area contributed by atoms with Crippen LogP contribution < -0.4 is 20.9 Å². The monoisotopic (exact) mass is 600 g/mol. The molecular formula is C38H52N2O4. The molecule has 0 saturated heterocycles. The highest BCUT2D eigenvalue weighted by Gasteiger charge is 2.45. The number of fused-ring (bicyclic) bond motifs is 8. The van der Waals surface area contributed by atoms with Gasteiger partial charge in [-0.05, 0) is 110 Å². The molecule has 0 aliphatic heterocycles. The minimum atomic E-state index is -0.268. The van der Waals surface area contributed by atoms with Crippen LogP contribution in [0.3, 0.4) is 0 Å². The lowest BCUT2D eigenvalue weighted by Crippen LogP contribution is -2.52. The first-order chi connectivity index (χ1) is 21.2. The van der Waals surface area contributed by atoms with Crippen LogP contribution in [0.5, 0.6) is 11.5 Å². The first-order valence-electron chi connectivity index (χ1n) is 17.4. The molecule has 6 nitrogen and oxygen atoms in total. The van der Waals surface area contributed by atoms with Crippen molar-refractivity contribution in [3.63, 3.8) is 0 Å². The van der Waals surface area contributed by atoms with Gasteiger partial charge < -0.3 is 20.9 Å². The summed E-state index contributed by atoms with van der Waals surface area (Å²) in [6.07, 6.45) is 15.6. The van der Waals surface area contributed by atoms with E-state index in [4.69, 9.17) is 20.9 Å². The van der Waals surface area contributed by atoms with Crippen molar-refractivity contribution in [3.05, 3.63) is 58.7 Å². The highest BCUT2D eigenvalue weighted by atomic mass is 16.5. The van der Waals surface area contributed by atoms with Gasteiger partial charge in [0.15, 0.2) is 0 Å². The summed E-state index contributed by atoms with van der Waals surface area (Å²) in [5.74, 6) is 1.70. The van der Waals surface area contributed by atoms with Gasteiger partial charge in [0, 0.05) is 35.8 Å². The van der Waals surface area contributed by atoms with Crippen molar-refractivity contribution in [1.29, 1.82) is 0 Å². The van der Waals surface area contributed by atoms with Gasteiger partial charge in [0.1, 0.15) is 11.5 Å². The Balaban J connectivity index is 1.000. The van der Waals surface area contributed by atoms with Crippen molar-refractivity contribution in [1.82, 2.24) is 0 Å². The van der Waals surface area contributed by atoms with E-state index in [1.165, 1.54) is 73.6 Å². The SMILES string of the molecule is C[C@@]12CCCCC[C@@H](Cc3ccc(OC(=O)CCCCC(=O)Oc4ccc5c(c4)[C@@]4(C)CCCCC[C@@H](C5)[C@@H]4N)cc31)[C@@H]2N. The van der Waals surface area contributed by atoms with E-state index in [1.54, 1.807) is 0 Å². The second-order valence-electron chi connectivity index (χ2n) is 14.8. The van der Waals surface area contributed by atoms with Crippen LogP contribution in [0.1, 0.15) is 126 Å². The summed E-state index contributed by atoms with van der Waals surface area (Å²) < 4.78 is 11.5. The van der Waals surface area contributed by atoms with Crippen LogP contribution in [-0.4, -0.2) is 24.0 Å². The lowest BCUT2D eigenvalue weighted by molar-refractivity contribution is -0.136. The first-order valence-corrected chi connectivity index (χ1v) is 17.4. The molecule has 2 saturated carbocycles. The predicted molar refractivity (Wildman–Crippen MR) is 174 cm³/mol. The van der Waals surface area contributed by atoms with E-state index in [0.717, 1.165) is 25.7 Å². The number of ether oxygens (including phenoxy) is 2. The van der Waals surface area contributed by atoms with E-state index in [1.807, 2.05) is 12.1 Å². The summed E-state index contributed by atoms with van der Waals surface area (Å²) in [6, 6.07) is 12.5. The molecule has 238 valence electrons. The number of hydrogen-bond acceptors (Lipinski definition) is 6. The zero-order chi connectivity index (χ0) is 30.9. The molecule has 6 atom stereocenters. The van der Waals surface area contributed by atoms with Crippen LogP contribution in [-0.2, 0) is 33.3 Å². The van der Waals surface area contributed by atoms with Crippen molar-refractivity contribution in [2.45, 2.75) is 139 Å². The van der Waals surface area contributed by atoms with E-state index in [-0.39, 0.29) is 47.7 Å². The smallest absolute Gasteiger partial charge is 0.311 e. The number of carbonyl (C=O) groups excluding carboxylic acids is 2. The van der Waals surface area contributed by atoms with Crippen LogP contribution >= 0.6 is 0 Å². The van der Waals surface area contributed by atoms with Gasteiger partial charge in [-0.15, -0.1) is 0 Å². The van der Waals surface area contributed by atoms with Gasteiger partial charge in [-0.25, -0.2) is 0 Å². The van der Waals surface area contributed by atoms with Crippen LogP contribution in [0.4, 0.5) is 0 Å². The zero-order valence-corrected chi connectivity index (χ0v) is 26.9. The molecule has 2 aromatic carbocycles. The van der Waals surface area contributed by atoms with Crippen molar-refractivity contribution >= 4 is 11.9 Å². The average molecular weight is 601 g/mol. The maximum atomic E-state index is 12.7. The Morgan fingerprint density at radius 2 is 1.11 bits per heavy atom. The van der Waals surface area contributed by atoms with Gasteiger partial charge in [0.05, 0.1) is 0 Å². The second-order valence-corrected chi connectivity index (χ2v) is 14.8. The molecule has 6 rings (SSSR count). The summed E-state index contributed by atoms with van der Waals surface area (Å²) in [7, 11) is 0. The molecule has 0 spiro atoms. The van der Waals surface area contributed by atoms with Crippen LogP contribution in [0.25, 0.3) is 0 Å². The molecule has 0 heterocycles. The maximum absolute atomic E-state index is 12.7. The molecule has 4 bridgehead atoms. The number of carbonyl (C=O) groups is 2. The summed E-state index contributed by atoms with van der Waals surface area (Å²) in [5, 5.41) is 0. The normalized spacial score (nSPS) is 31.3. The standard InChI is InChI=1S/C38H52N2O4/c1-37-19-9-3-5-11-27(35(37)39)21-25-15-17-29(23-31(25)37)43-33(41)13-7-8-14-34(42)44-30-18-16-26-22-28-12-6-4-10-20-38(2,36(28)40)32(26)24-30/h15-18,23-24,27-28,35-36H,3-14,19-22,39-40H2,1-2H3/t27-,28-,35-,36-,37+,38+/m0/s1. The number of benzene rings is 2. The number of esters is 2. The maximum Gasteiger partial charge on any atom is 0.311 e. The Morgan fingerprint density at radius 3 is 1.55 bits per heavy atom. The van der Waals surface area contributed by atoms with Crippen LogP contribution in [0.2, 0.25) is 0 Å². The molecule has 0 amide bonds. The fourth-order valence-electron chi connectivity index (χ4n) is 9.10. The highest BCUT2D eigenvalue weighted by molar-refractivity contribution is 5.74. The Kier molecular flexibility index (Phi) is 9.22. The first kappa shape index (κ1) is 31.3. The third-order valence-electron chi connectivity index (χ3n) is 11.9. The van der Waals surface area contributed by atoms with Crippen LogP contribution in [0, 0.1) is 11.8 Å². The summed E-state index contributed by atoms with van der Waals surface area (Å²) in [6.45, 7) is 4.59. The predicted octanol–water partition coefficient (Wildman–Crippen LogP) is 7.20. The van der Waals surface area contributed by atoms with Gasteiger partial charge in [0.2, 0.25) is 0 Å². The van der Waals surface area contributed by atoms with Crippen molar-refractivity contribution < 1.29 is 19.1 Å². The lowest BCUT2D eigenvalue weighted by Gasteiger charge is -2.47. The number of rotatable bonds is 7. The Morgan fingerprint density at radius 1 is 0.682 bits per heavy atom. The van der Waals surface area contributed by atoms with Gasteiger partial charge in [-0.3, -0.25) is 9.59 Å². The molecular weight excluding hydrogens is 548 g/mol. The number of hydrogen-bond donors (Lipinski definition) is 2. The largest absolute Gasteiger partial charge is 0.427 e. The Labute approximate surface area is 263 Å².